The van der Waals surface area contributed by atoms with Crippen molar-refractivity contribution in [2.24, 2.45) is 5.73 Å². The van der Waals surface area contributed by atoms with Crippen molar-refractivity contribution in [3.05, 3.63) is 32.9 Å². The molecular formula is C10H15BrN2S. The van der Waals surface area contributed by atoms with Gasteiger partial charge in [0.05, 0.1) is 0 Å². The molecule has 1 aromatic rings. The predicted molar refractivity (Wildman–Crippen MR) is 66.5 cm³/mol. The van der Waals surface area contributed by atoms with Gasteiger partial charge in [-0.1, -0.05) is 6.58 Å². The molecule has 1 rings (SSSR count). The van der Waals surface area contributed by atoms with E-state index in [0.29, 0.717) is 6.54 Å². The zero-order valence-corrected chi connectivity index (χ0v) is 10.7. The minimum Gasteiger partial charge on any atom is -0.327 e. The molecule has 0 atom stereocenters. The van der Waals surface area contributed by atoms with Crippen LogP contribution in [0.1, 0.15) is 4.88 Å². The van der Waals surface area contributed by atoms with Crippen LogP contribution in [0.25, 0.3) is 0 Å². The van der Waals surface area contributed by atoms with E-state index in [1.165, 1.54) is 4.88 Å². The van der Waals surface area contributed by atoms with Crippen molar-refractivity contribution in [3.8, 4) is 0 Å². The van der Waals surface area contributed by atoms with E-state index in [4.69, 9.17) is 5.73 Å². The molecule has 1 heterocycles. The summed E-state index contributed by atoms with van der Waals surface area (Å²) < 4.78 is 1.16. The van der Waals surface area contributed by atoms with Crippen molar-refractivity contribution in [3.63, 3.8) is 0 Å². The molecule has 0 saturated heterocycles. The molecule has 0 aliphatic carbocycles. The molecule has 0 aliphatic heterocycles. The van der Waals surface area contributed by atoms with Crippen LogP contribution in [-0.4, -0.2) is 25.0 Å². The molecule has 0 bridgehead atoms. The van der Waals surface area contributed by atoms with Crippen molar-refractivity contribution in [2.75, 3.05) is 20.1 Å². The summed E-state index contributed by atoms with van der Waals surface area (Å²) in [6.07, 6.45) is 0. The highest BCUT2D eigenvalue weighted by molar-refractivity contribution is 9.10. The monoisotopic (exact) mass is 274 g/mol. The minimum atomic E-state index is 0.568. The fourth-order valence-electron chi connectivity index (χ4n) is 1.20. The van der Waals surface area contributed by atoms with Crippen LogP contribution < -0.4 is 5.73 Å². The average Bonchev–Trinajstić information content (AvgIpc) is 2.50. The van der Waals surface area contributed by atoms with E-state index in [1.807, 2.05) is 0 Å². The zero-order valence-electron chi connectivity index (χ0n) is 8.29. The Bertz CT molecular complexity index is 309. The molecule has 0 amide bonds. The summed E-state index contributed by atoms with van der Waals surface area (Å²) in [5.74, 6) is 0. The van der Waals surface area contributed by atoms with Crippen LogP contribution in [-0.2, 0) is 6.54 Å². The van der Waals surface area contributed by atoms with Gasteiger partial charge in [0.25, 0.3) is 0 Å². The molecule has 14 heavy (non-hydrogen) atoms. The Balaban J connectivity index is 2.41. The van der Waals surface area contributed by atoms with Crippen molar-refractivity contribution in [1.82, 2.24) is 4.90 Å². The summed E-state index contributed by atoms with van der Waals surface area (Å²) in [5.41, 5.74) is 6.56. The van der Waals surface area contributed by atoms with Gasteiger partial charge in [-0.25, -0.2) is 0 Å². The summed E-state index contributed by atoms with van der Waals surface area (Å²) in [6, 6.07) is 2.15. The lowest BCUT2D eigenvalue weighted by Gasteiger charge is -2.16. The van der Waals surface area contributed by atoms with Crippen LogP contribution in [0.4, 0.5) is 0 Å². The van der Waals surface area contributed by atoms with Gasteiger partial charge in [-0.15, -0.1) is 11.3 Å². The zero-order chi connectivity index (χ0) is 10.6. The van der Waals surface area contributed by atoms with Crippen LogP contribution in [0, 0.1) is 0 Å². The van der Waals surface area contributed by atoms with E-state index in [-0.39, 0.29) is 0 Å². The maximum Gasteiger partial charge on any atom is 0.0328 e. The third-order valence-electron chi connectivity index (χ3n) is 1.83. The van der Waals surface area contributed by atoms with Gasteiger partial charge in [-0.05, 0) is 34.6 Å². The summed E-state index contributed by atoms with van der Waals surface area (Å²) >= 11 is 5.20. The van der Waals surface area contributed by atoms with Gasteiger partial charge in [0.1, 0.15) is 0 Å². The van der Waals surface area contributed by atoms with E-state index < -0.39 is 0 Å². The smallest absolute Gasteiger partial charge is 0.0328 e. The summed E-state index contributed by atoms with van der Waals surface area (Å²) in [4.78, 5) is 3.57. The lowest BCUT2D eigenvalue weighted by Crippen LogP contribution is -2.22. The Hall–Kier alpha value is -0.160. The molecule has 4 heteroatoms. The van der Waals surface area contributed by atoms with E-state index in [9.17, 15) is 0 Å². The Labute approximate surface area is 97.5 Å². The van der Waals surface area contributed by atoms with Crippen LogP contribution >= 0.6 is 27.3 Å². The predicted octanol–water partition coefficient (Wildman–Crippen LogP) is 2.46. The highest BCUT2D eigenvalue weighted by atomic mass is 79.9. The molecule has 0 radical (unpaired) electrons. The number of likely N-dealkylation sites (N-methyl/N-ethyl adjacent to an activating group) is 1. The number of nitrogens with two attached hydrogens (primary N) is 1. The van der Waals surface area contributed by atoms with Crippen molar-refractivity contribution < 1.29 is 0 Å². The molecule has 0 fully saturated rings. The molecule has 0 aromatic carbocycles. The summed E-state index contributed by atoms with van der Waals surface area (Å²) in [6.45, 7) is 6.28. The van der Waals surface area contributed by atoms with Crippen LogP contribution in [0.2, 0.25) is 0 Å². The molecule has 0 aliphatic rings. The second-order valence-corrected chi connectivity index (χ2v) is 5.27. The van der Waals surface area contributed by atoms with E-state index in [0.717, 1.165) is 23.1 Å². The average molecular weight is 275 g/mol. The van der Waals surface area contributed by atoms with Gasteiger partial charge in [-0.2, -0.15) is 0 Å². The lowest BCUT2D eigenvalue weighted by atomic mass is 10.3. The first-order valence-corrected chi connectivity index (χ1v) is 6.07. The molecular weight excluding hydrogens is 260 g/mol. The lowest BCUT2D eigenvalue weighted by molar-refractivity contribution is 0.357. The first kappa shape index (κ1) is 11.9. The Kier molecular flexibility index (Phi) is 4.81. The fraction of sp³-hybridized carbons (Fsp3) is 0.400. The van der Waals surface area contributed by atoms with Gasteiger partial charge in [-0.3, -0.25) is 4.90 Å². The van der Waals surface area contributed by atoms with Crippen LogP contribution in [0.3, 0.4) is 0 Å². The van der Waals surface area contributed by atoms with Gasteiger partial charge in [0, 0.05) is 34.4 Å². The second kappa shape index (κ2) is 5.66. The number of nitrogens with zero attached hydrogens (tertiary/aromatic N) is 1. The molecule has 0 unspecified atom stereocenters. The Morgan fingerprint density at radius 2 is 2.43 bits per heavy atom. The Morgan fingerprint density at radius 3 is 2.93 bits per heavy atom. The normalized spacial score (nSPS) is 10.9. The van der Waals surface area contributed by atoms with Gasteiger partial charge in [0.2, 0.25) is 0 Å². The minimum absolute atomic E-state index is 0.568. The summed E-state index contributed by atoms with van der Waals surface area (Å²) in [5, 5.41) is 2.10. The van der Waals surface area contributed by atoms with Crippen molar-refractivity contribution >= 4 is 27.3 Å². The number of thiophene rings is 1. The molecule has 1 aromatic heterocycles. The van der Waals surface area contributed by atoms with Crippen molar-refractivity contribution in [2.45, 2.75) is 6.54 Å². The molecule has 0 saturated carbocycles. The topological polar surface area (TPSA) is 29.3 Å². The van der Waals surface area contributed by atoms with E-state index in [2.05, 4.69) is 45.9 Å². The molecule has 2 N–H and O–H groups in total. The number of rotatable bonds is 5. The standard InChI is InChI=1S/C10H15BrN2S/c1-8(4-12)5-13(2)6-10-3-9(11)7-14-10/h3,7H,1,4-6,12H2,2H3. The van der Waals surface area contributed by atoms with Crippen LogP contribution in [0.15, 0.2) is 28.1 Å². The molecule has 78 valence electrons. The van der Waals surface area contributed by atoms with Gasteiger partial charge >= 0.3 is 0 Å². The van der Waals surface area contributed by atoms with Crippen LogP contribution in [0.5, 0.6) is 0 Å². The number of halogens is 1. The molecule has 2 nitrogen and oxygen atoms in total. The largest absolute Gasteiger partial charge is 0.327 e. The van der Waals surface area contributed by atoms with Gasteiger partial charge < -0.3 is 5.73 Å². The highest BCUT2D eigenvalue weighted by Crippen LogP contribution is 2.20. The third-order valence-corrected chi connectivity index (χ3v) is 3.51. The quantitative estimate of drug-likeness (QED) is 0.836. The molecule has 0 spiro atoms. The van der Waals surface area contributed by atoms with E-state index in [1.54, 1.807) is 11.3 Å². The second-order valence-electron chi connectivity index (χ2n) is 3.36. The first-order valence-electron chi connectivity index (χ1n) is 4.40. The third kappa shape index (κ3) is 3.92. The maximum absolute atomic E-state index is 5.49. The van der Waals surface area contributed by atoms with E-state index >= 15 is 0 Å². The first-order chi connectivity index (χ1) is 6.61. The summed E-state index contributed by atoms with van der Waals surface area (Å²) in [7, 11) is 2.08. The maximum atomic E-state index is 5.49. The van der Waals surface area contributed by atoms with Gasteiger partial charge in [0.15, 0.2) is 0 Å². The number of hydrogen-bond acceptors (Lipinski definition) is 3. The van der Waals surface area contributed by atoms with Crippen molar-refractivity contribution in [1.29, 1.82) is 0 Å². The number of hydrogen-bond donors (Lipinski definition) is 1. The SMILES string of the molecule is C=C(CN)CN(C)Cc1cc(Br)cs1. The highest BCUT2D eigenvalue weighted by Gasteiger charge is 2.03. The fourth-order valence-corrected chi connectivity index (χ4v) is 2.74. The Morgan fingerprint density at radius 1 is 1.71 bits per heavy atom.